The number of nitrogens with one attached hydrogen (secondary N) is 2. The molecule has 196 valence electrons. The molecule has 2 atom stereocenters. The Hall–Kier alpha value is -4.13. The van der Waals surface area contributed by atoms with Gasteiger partial charge in [0, 0.05) is 90.7 Å². The summed E-state index contributed by atoms with van der Waals surface area (Å²) in [7, 11) is 1.81. The zero-order valence-corrected chi connectivity index (χ0v) is 22.8. The van der Waals surface area contributed by atoms with Gasteiger partial charge in [0.25, 0.3) is 0 Å². The van der Waals surface area contributed by atoms with Crippen LogP contribution in [0.5, 0.6) is 0 Å². The maximum atomic E-state index is 9.70. The molecule has 2 unspecified atom stereocenters. The summed E-state index contributed by atoms with van der Waals surface area (Å²) >= 11 is 1.78. The molecule has 6 heterocycles. The van der Waals surface area contributed by atoms with Crippen molar-refractivity contribution in [2.75, 3.05) is 31.3 Å². The Morgan fingerprint density at radius 1 is 1.18 bits per heavy atom. The van der Waals surface area contributed by atoms with Gasteiger partial charge >= 0.3 is 0 Å². The van der Waals surface area contributed by atoms with E-state index in [1.807, 2.05) is 18.5 Å². The van der Waals surface area contributed by atoms with Crippen molar-refractivity contribution in [2.24, 2.45) is 0 Å². The second kappa shape index (κ2) is 10.6. The third-order valence-corrected chi connectivity index (χ3v) is 8.52. The fourth-order valence-electron chi connectivity index (χ4n) is 5.75. The number of hydrogen-bond acceptors (Lipinski definition) is 8. The first-order chi connectivity index (χ1) is 19.1. The fraction of sp³-hybridized carbons (Fsp3) is 0.267. The number of aromatic nitrogens is 3. The lowest BCUT2D eigenvalue weighted by Crippen LogP contribution is -2.68. The number of anilines is 1. The first-order valence-corrected chi connectivity index (χ1v) is 14.2. The summed E-state index contributed by atoms with van der Waals surface area (Å²) in [4.78, 5) is 11.2. The monoisotopic (exact) mass is 534 g/mol. The third kappa shape index (κ3) is 4.67. The number of piperazine rings is 1. The smallest absolute Gasteiger partial charge is 0.128 e. The molecule has 0 radical (unpaired) electrons. The first-order valence-electron chi connectivity index (χ1n) is 13.0. The highest BCUT2D eigenvalue weighted by Crippen LogP contribution is 2.36. The number of fused-ring (bicyclic) bond motifs is 3. The van der Waals surface area contributed by atoms with Crippen molar-refractivity contribution in [3.8, 4) is 17.2 Å². The number of benzene rings is 1. The van der Waals surface area contributed by atoms with Crippen LogP contribution in [0.2, 0.25) is 0 Å². The molecule has 3 fully saturated rings. The van der Waals surface area contributed by atoms with Crippen LogP contribution in [0.3, 0.4) is 0 Å². The number of nitriles is 1. The van der Waals surface area contributed by atoms with E-state index in [4.69, 9.17) is 10.4 Å². The highest BCUT2D eigenvalue weighted by atomic mass is 32.2. The molecule has 3 saturated heterocycles. The lowest BCUT2D eigenvalue weighted by Gasteiger charge is -2.56. The van der Waals surface area contributed by atoms with E-state index in [0.717, 1.165) is 53.2 Å². The van der Waals surface area contributed by atoms with Crippen LogP contribution < -0.4 is 10.2 Å². The second-order valence-corrected chi connectivity index (χ2v) is 10.9. The lowest BCUT2D eigenvalue weighted by atomic mass is 9.86. The fourth-order valence-corrected chi connectivity index (χ4v) is 6.16. The van der Waals surface area contributed by atoms with Gasteiger partial charge in [-0.05, 0) is 48.6 Å². The van der Waals surface area contributed by atoms with Crippen LogP contribution in [-0.2, 0) is 6.54 Å². The molecule has 0 spiro atoms. The summed E-state index contributed by atoms with van der Waals surface area (Å²) in [5, 5.41) is 24.9. The number of rotatable bonds is 8. The lowest BCUT2D eigenvalue weighted by molar-refractivity contribution is -0.00869. The summed E-state index contributed by atoms with van der Waals surface area (Å²) in [5.74, 6) is 0.980. The van der Waals surface area contributed by atoms with Crippen LogP contribution in [0.1, 0.15) is 23.1 Å². The van der Waals surface area contributed by atoms with Crippen molar-refractivity contribution in [1.82, 2.24) is 24.8 Å². The highest BCUT2D eigenvalue weighted by molar-refractivity contribution is 7.98. The van der Waals surface area contributed by atoms with Gasteiger partial charge in [-0.1, -0.05) is 12.1 Å². The van der Waals surface area contributed by atoms with Crippen molar-refractivity contribution < 1.29 is 0 Å². The van der Waals surface area contributed by atoms with Crippen LogP contribution in [0, 0.1) is 16.7 Å². The average molecular weight is 535 g/mol. The van der Waals surface area contributed by atoms with Gasteiger partial charge in [-0.3, -0.25) is 4.90 Å². The van der Waals surface area contributed by atoms with Crippen LogP contribution >= 0.6 is 11.8 Å². The molecular formula is C30H30N8S. The van der Waals surface area contributed by atoms with Gasteiger partial charge in [0.2, 0.25) is 0 Å². The number of piperidine rings is 1. The van der Waals surface area contributed by atoms with E-state index in [1.165, 1.54) is 23.1 Å². The van der Waals surface area contributed by atoms with E-state index in [0.29, 0.717) is 17.6 Å². The molecule has 0 saturated carbocycles. The quantitative estimate of drug-likeness (QED) is 0.251. The Labute approximate surface area is 232 Å². The van der Waals surface area contributed by atoms with E-state index in [2.05, 4.69) is 68.9 Å². The second-order valence-electron chi connectivity index (χ2n) is 10.0. The molecule has 0 aliphatic carbocycles. The molecule has 3 aromatic heterocycles. The Bertz CT molecular complexity index is 1570. The molecule has 2 N–H and O–H groups in total. The van der Waals surface area contributed by atoms with Crippen molar-refractivity contribution in [3.05, 3.63) is 83.9 Å². The highest BCUT2D eigenvalue weighted by Gasteiger charge is 2.44. The zero-order valence-electron chi connectivity index (χ0n) is 22.0. The maximum absolute atomic E-state index is 9.70. The van der Waals surface area contributed by atoms with Gasteiger partial charge in [0.05, 0.1) is 17.3 Å². The predicted molar refractivity (Wildman–Crippen MR) is 157 cm³/mol. The SMILES string of the molecule is CN/C=C(\C=N)c1cc(-c2ccc(N3CC4CC(C3)N4Cc3ccc(SC)cc3)nc2)c2c(C#N)cnn2c1. The molecule has 3 aliphatic heterocycles. The molecular weight excluding hydrogens is 504 g/mol. The first kappa shape index (κ1) is 25.2. The molecule has 3 aliphatic rings. The van der Waals surface area contributed by atoms with Gasteiger partial charge in [0.1, 0.15) is 11.9 Å². The minimum Gasteiger partial charge on any atom is -0.393 e. The minimum atomic E-state index is 0.508. The normalized spacial score (nSPS) is 19.0. The summed E-state index contributed by atoms with van der Waals surface area (Å²) in [6.45, 7) is 2.96. The van der Waals surface area contributed by atoms with E-state index >= 15 is 0 Å². The van der Waals surface area contributed by atoms with E-state index in [9.17, 15) is 5.26 Å². The van der Waals surface area contributed by atoms with Crippen LogP contribution in [0.25, 0.3) is 22.2 Å². The molecule has 9 heteroatoms. The summed E-state index contributed by atoms with van der Waals surface area (Å²) in [5.41, 5.74) is 5.95. The van der Waals surface area contributed by atoms with E-state index in [1.54, 1.807) is 35.7 Å². The van der Waals surface area contributed by atoms with Gasteiger partial charge in [-0.15, -0.1) is 11.8 Å². The number of hydrogen-bond donors (Lipinski definition) is 2. The molecule has 4 aromatic rings. The summed E-state index contributed by atoms with van der Waals surface area (Å²) in [6, 6.07) is 18.4. The summed E-state index contributed by atoms with van der Waals surface area (Å²) < 4.78 is 1.71. The Balaban J connectivity index is 1.23. The Morgan fingerprint density at radius 3 is 2.62 bits per heavy atom. The molecule has 7 rings (SSSR count). The molecule has 2 bridgehead atoms. The van der Waals surface area contributed by atoms with Gasteiger partial charge in [-0.25, -0.2) is 9.50 Å². The minimum absolute atomic E-state index is 0.508. The standard InChI is InChI=1S/C30H30N8S/c1-33-13-23(11-31)22-9-28(30-24(12-32)15-35-38(30)17-22)21-5-8-29(34-14-21)36-18-25-10-26(19-36)37(25)16-20-3-6-27(39-2)7-4-20/h3-9,11,13-15,17,25-26,31,33H,10,16,18-19H2,1-2H3/b23-13+,31-11?. The van der Waals surface area contributed by atoms with Crippen LogP contribution in [0.15, 0.2) is 72.2 Å². The van der Waals surface area contributed by atoms with Crippen molar-refractivity contribution in [2.45, 2.75) is 29.9 Å². The van der Waals surface area contributed by atoms with E-state index < -0.39 is 0 Å². The van der Waals surface area contributed by atoms with Gasteiger partial charge in [0.15, 0.2) is 0 Å². The van der Waals surface area contributed by atoms with Crippen molar-refractivity contribution in [3.63, 3.8) is 0 Å². The number of pyridine rings is 2. The van der Waals surface area contributed by atoms with Crippen molar-refractivity contribution >= 4 is 34.9 Å². The largest absolute Gasteiger partial charge is 0.393 e. The Morgan fingerprint density at radius 2 is 1.97 bits per heavy atom. The van der Waals surface area contributed by atoms with Crippen LogP contribution in [0.4, 0.5) is 5.82 Å². The molecule has 8 nitrogen and oxygen atoms in total. The van der Waals surface area contributed by atoms with E-state index in [-0.39, 0.29) is 0 Å². The van der Waals surface area contributed by atoms with Crippen molar-refractivity contribution in [1.29, 1.82) is 10.7 Å². The molecule has 0 amide bonds. The summed E-state index contributed by atoms with van der Waals surface area (Å²) in [6.07, 6.45) is 11.8. The zero-order chi connectivity index (χ0) is 26.9. The maximum Gasteiger partial charge on any atom is 0.128 e. The van der Waals surface area contributed by atoms with Gasteiger partial charge < -0.3 is 15.6 Å². The number of allylic oxidation sites excluding steroid dienone is 1. The topological polar surface area (TPSA) is 96.3 Å². The average Bonchev–Trinajstić information content (AvgIpc) is 3.42. The molecule has 39 heavy (non-hydrogen) atoms. The predicted octanol–water partition coefficient (Wildman–Crippen LogP) is 4.66. The van der Waals surface area contributed by atoms with Gasteiger partial charge in [-0.2, -0.15) is 10.4 Å². The number of thioether (sulfide) groups is 1. The van der Waals surface area contributed by atoms with Crippen LogP contribution in [-0.4, -0.2) is 64.2 Å². The molecule has 1 aromatic carbocycles. The third-order valence-electron chi connectivity index (χ3n) is 7.77. The number of nitrogens with zero attached hydrogens (tertiary/aromatic N) is 6. The Kier molecular flexibility index (Phi) is 6.81.